The van der Waals surface area contributed by atoms with Crippen LogP contribution in [-0.4, -0.2) is 35.3 Å². The molecule has 3 rings (SSSR count). The van der Waals surface area contributed by atoms with Gasteiger partial charge in [-0.2, -0.15) is 0 Å². The van der Waals surface area contributed by atoms with Gasteiger partial charge in [-0.1, -0.05) is 13.0 Å². The maximum absolute atomic E-state index is 11.4. The molecule has 102 valence electrons. The number of carbonyl (C=O) groups excluding carboxylic acids is 1. The Kier molecular flexibility index (Phi) is 2.95. The molecule has 1 aromatic rings. The highest BCUT2D eigenvalue weighted by Crippen LogP contribution is 2.34. The lowest BCUT2D eigenvalue weighted by molar-refractivity contribution is -0.123. The van der Waals surface area contributed by atoms with Crippen LogP contribution >= 0.6 is 0 Å². The van der Waals surface area contributed by atoms with Gasteiger partial charge in [0.25, 0.3) is 5.91 Å². The third-order valence-electron chi connectivity index (χ3n) is 4.12. The van der Waals surface area contributed by atoms with Gasteiger partial charge >= 0.3 is 0 Å². The van der Waals surface area contributed by atoms with Gasteiger partial charge < -0.3 is 20.4 Å². The predicted molar refractivity (Wildman–Crippen MR) is 72.0 cm³/mol. The Morgan fingerprint density at radius 2 is 2.16 bits per heavy atom. The van der Waals surface area contributed by atoms with E-state index in [4.69, 9.17) is 0 Å². The molecule has 0 radical (unpaired) electrons. The van der Waals surface area contributed by atoms with Gasteiger partial charge in [-0.3, -0.25) is 4.79 Å². The lowest BCUT2D eigenvalue weighted by atomic mass is 9.95. The third-order valence-corrected chi connectivity index (χ3v) is 4.12. The van der Waals surface area contributed by atoms with E-state index in [0.717, 1.165) is 18.7 Å². The van der Waals surface area contributed by atoms with Crippen LogP contribution in [0.25, 0.3) is 0 Å². The van der Waals surface area contributed by atoms with E-state index in [-0.39, 0.29) is 12.0 Å². The number of anilines is 2. The number of carbonyl (C=O) groups is 1. The predicted octanol–water partition coefficient (Wildman–Crippen LogP) is 0.879. The molecule has 0 aliphatic carbocycles. The van der Waals surface area contributed by atoms with E-state index in [9.17, 15) is 15.0 Å². The highest BCUT2D eigenvalue weighted by molar-refractivity contribution is 6.02. The van der Waals surface area contributed by atoms with Gasteiger partial charge in [0.1, 0.15) is 0 Å². The van der Waals surface area contributed by atoms with E-state index in [1.54, 1.807) is 6.07 Å². The van der Waals surface area contributed by atoms with Crippen LogP contribution in [-0.2, 0) is 4.79 Å². The number of nitrogens with one attached hydrogen (secondary N) is 1. The molecule has 1 aromatic carbocycles. The van der Waals surface area contributed by atoms with E-state index in [1.807, 2.05) is 12.1 Å². The molecule has 0 saturated carbocycles. The number of amides is 1. The van der Waals surface area contributed by atoms with E-state index in [0.29, 0.717) is 23.7 Å². The lowest BCUT2D eigenvalue weighted by Gasteiger charge is -2.36. The van der Waals surface area contributed by atoms with Crippen LogP contribution in [0, 0.1) is 5.92 Å². The van der Waals surface area contributed by atoms with Crippen LogP contribution in [0.3, 0.4) is 0 Å². The summed E-state index contributed by atoms with van der Waals surface area (Å²) in [4.78, 5) is 13.5. The summed E-state index contributed by atoms with van der Waals surface area (Å²) in [6.45, 7) is 3.56. The molecule has 3 atom stereocenters. The number of rotatable bonds is 1. The number of nitrogens with zero attached hydrogens (tertiary/aromatic N) is 1. The standard InChI is InChI=1S/C14H18N2O3/c1-8-4-5-16(7-12(8)17)9-2-3-10-11(6-9)15-14(19)13(10)18/h2-3,6,8,12-13,17-18H,4-5,7H2,1H3,(H,15,19). The Bertz CT molecular complexity index is 517. The first-order valence-electron chi connectivity index (χ1n) is 6.62. The smallest absolute Gasteiger partial charge is 0.257 e. The molecule has 3 unspecified atom stereocenters. The number of benzene rings is 1. The Balaban J connectivity index is 1.84. The van der Waals surface area contributed by atoms with Gasteiger partial charge in [-0.15, -0.1) is 0 Å². The summed E-state index contributed by atoms with van der Waals surface area (Å²) in [6.07, 6.45) is -0.425. The summed E-state index contributed by atoms with van der Waals surface area (Å²) in [5, 5.41) is 22.3. The fourth-order valence-electron chi connectivity index (χ4n) is 2.71. The van der Waals surface area contributed by atoms with Crippen molar-refractivity contribution in [2.24, 2.45) is 5.92 Å². The average molecular weight is 262 g/mol. The van der Waals surface area contributed by atoms with Crippen LogP contribution in [0.15, 0.2) is 18.2 Å². The number of hydrogen-bond acceptors (Lipinski definition) is 4. The average Bonchev–Trinajstić information content (AvgIpc) is 2.68. The van der Waals surface area contributed by atoms with Crippen molar-refractivity contribution in [2.45, 2.75) is 25.6 Å². The van der Waals surface area contributed by atoms with Crippen molar-refractivity contribution in [3.8, 4) is 0 Å². The number of β-amino-alcohol motifs (C(OH)–C–C–N with tert-alkyl or cyclic N) is 1. The van der Waals surface area contributed by atoms with Crippen molar-refractivity contribution in [3.63, 3.8) is 0 Å². The van der Waals surface area contributed by atoms with Gasteiger partial charge in [0.2, 0.25) is 0 Å². The molecule has 2 aliphatic heterocycles. The highest BCUT2D eigenvalue weighted by Gasteiger charge is 2.30. The maximum atomic E-state index is 11.4. The second kappa shape index (κ2) is 4.51. The molecule has 19 heavy (non-hydrogen) atoms. The van der Waals surface area contributed by atoms with E-state index in [1.165, 1.54) is 0 Å². The first-order chi connectivity index (χ1) is 9.06. The molecule has 0 spiro atoms. The molecule has 5 heteroatoms. The van der Waals surface area contributed by atoms with Crippen LogP contribution in [0.4, 0.5) is 11.4 Å². The minimum atomic E-state index is -1.06. The molecule has 2 heterocycles. The maximum Gasteiger partial charge on any atom is 0.257 e. The summed E-state index contributed by atoms with van der Waals surface area (Å²) in [5.74, 6) is -0.0494. The number of piperidine rings is 1. The number of aliphatic hydroxyl groups excluding tert-OH is 2. The van der Waals surface area contributed by atoms with Crippen molar-refractivity contribution in [1.82, 2.24) is 0 Å². The van der Waals surface area contributed by atoms with Crippen molar-refractivity contribution in [1.29, 1.82) is 0 Å². The third kappa shape index (κ3) is 2.09. The van der Waals surface area contributed by atoms with Crippen molar-refractivity contribution >= 4 is 17.3 Å². The quantitative estimate of drug-likeness (QED) is 0.702. The second-order valence-electron chi connectivity index (χ2n) is 5.44. The minimum Gasteiger partial charge on any atom is -0.391 e. The van der Waals surface area contributed by atoms with Crippen LogP contribution in [0.5, 0.6) is 0 Å². The number of fused-ring (bicyclic) bond motifs is 1. The fraction of sp³-hybridized carbons (Fsp3) is 0.500. The zero-order valence-corrected chi connectivity index (χ0v) is 10.8. The van der Waals surface area contributed by atoms with Gasteiger partial charge in [-0.25, -0.2) is 0 Å². The van der Waals surface area contributed by atoms with Gasteiger partial charge in [0, 0.05) is 30.0 Å². The molecule has 2 aliphatic rings. The Morgan fingerprint density at radius 1 is 1.37 bits per heavy atom. The molecular weight excluding hydrogens is 244 g/mol. The topological polar surface area (TPSA) is 72.8 Å². The molecule has 3 N–H and O–H groups in total. The van der Waals surface area contributed by atoms with Crippen LogP contribution in [0.1, 0.15) is 25.0 Å². The zero-order valence-electron chi connectivity index (χ0n) is 10.8. The lowest BCUT2D eigenvalue weighted by Crippen LogP contribution is -2.42. The van der Waals surface area contributed by atoms with Crippen molar-refractivity contribution in [2.75, 3.05) is 23.3 Å². The molecule has 1 fully saturated rings. The summed E-state index contributed by atoms with van der Waals surface area (Å²) in [5.41, 5.74) is 2.27. The Hall–Kier alpha value is -1.59. The zero-order chi connectivity index (χ0) is 13.6. The first-order valence-corrected chi connectivity index (χ1v) is 6.62. The van der Waals surface area contributed by atoms with Crippen molar-refractivity contribution in [3.05, 3.63) is 23.8 Å². The molecule has 1 amide bonds. The van der Waals surface area contributed by atoms with E-state index < -0.39 is 6.10 Å². The van der Waals surface area contributed by atoms with E-state index >= 15 is 0 Å². The summed E-state index contributed by atoms with van der Waals surface area (Å²) in [7, 11) is 0. The minimum absolute atomic E-state index is 0.317. The molecule has 5 nitrogen and oxygen atoms in total. The Labute approximate surface area is 111 Å². The van der Waals surface area contributed by atoms with Gasteiger partial charge in [0.05, 0.1) is 6.10 Å². The normalized spacial score (nSPS) is 30.2. The van der Waals surface area contributed by atoms with Gasteiger partial charge in [-0.05, 0) is 24.5 Å². The highest BCUT2D eigenvalue weighted by atomic mass is 16.3. The fourth-order valence-corrected chi connectivity index (χ4v) is 2.71. The second-order valence-corrected chi connectivity index (χ2v) is 5.44. The molecular formula is C14H18N2O3. The summed E-state index contributed by atoms with van der Waals surface area (Å²) < 4.78 is 0. The van der Waals surface area contributed by atoms with E-state index in [2.05, 4.69) is 17.1 Å². The SMILES string of the molecule is CC1CCN(c2ccc3c(c2)NC(=O)C3O)CC1O. The molecule has 0 aromatic heterocycles. The van der Waals surface area contributed by atoms with Crippen molar-refractivity contribution < 1.29 is 15.0 Å². The molecule has 1 saturated heterocycles. The number of aliphatic hydroxyl groups is 2. The summed E-state index contributed by atoms with van der Waals surface area (Å²) in [6, 6.07) is 5.54. The summed E-state index contributed by atoms with van der Waals surface area (Å²) >= 11 is 0. The number of hydrogen-bond donors (Lipinski definition) is 3. The Morgan fingerprint density at radius 3 is 2.89 bits per heavy atom. The molecule has 0 bridgehead atoms. The van der Waals surface area contributed by atoms with Gasteiger partial charge in [0.15, 0.2) is 6.10 Å². The van der Waals surface area contributed by atoms with Crippen LogP contribution < -0.4 is 10.2 Å². The largest absolute Gasteiger partial charge is 0.391 e. The monoisotopic (exact) mass is 262 g/mol. The van der Waals surface area contributed by atoms with Crippen LogP contribution in [0.2, 0.25) is 0 Å². The first kappa shape index (κ1) is 12.4.